The van der Waals surface area contributed by atoms with E-state index >= 15 is 0 Å². The molecule has 0 spiro atoms. The standard InChI is InChI=1S/C27H24BrFN2O2/c1-4-33-26-15-20(14-24(28)23(26)13-19-6-5-7-22(29)12-19)11-21(16-30)27(32)31-25-10-17(2)8-9-18(25)3/h5-12,14-15H,4,13H2,1-3H3,(H,31,32)/b21-11+. The summed E-state index contributed by atoms with van der Waals surface area (Å²) >= 11 is 3.58. The second-order valence-electron chi connectivity index (χ2n) is 7.66. The van der Waals surface area contributed by atoms with Gasteiger partial charge in [0.05, 0.1) is 6.61 Å². The summed E-state index contributed by atoms with van der Waals surface area (Å²) in [6, 6.07) is 17.8. The molecule has 0 atom stereocenters. The number of nitriles is 1. The molecule has 3 aromatic rings. The van der Waals surface area contributed by atoms with Gasteiger partial charge in [0.1, 0.15) is 23.2 Å². The third-order valence-corrected chi connectivity index (χ3v) is 5.77. The molecule has 0 saturated carbocycles. The first-order valence-corrected chi connectivity index (χ1v) is 11.3. The average molecular weight is 507 g/mol. The van der Waals surface area contributed by atoms with Crippen molar-refractivity contribution in [3.05, 3.63) is 98.3 Å². The second-order valence-corrected chi connectivity index (χ2v) is 8.52. The zero-order valence-electron chi connectivity index (χ0n) is 18.7. The minimum atomic E-state index is -0.482. The molecule has 168 valence electrons. The van der Waals surface area contributed by atoms with Gasteiger partial charge in [0.2, 0.25) is 0 Å². The normalized spacial score (nSPS) is 11.1. The number of rotatable bonds is 7. The van der Waals surface area contributed by atoms with Crippen LogP contribution in [0.2, 0.25) is 0 Å². The Balaban J connectivity index is 1.93. The van der Waals surface area contributed by atoms with Crippen molar-refractivity contribution >= 4 is 33.6 Å². The van der Waals surface area contributed by atoms with Gasteiger partial charge in [-0.15, -0.1) is 0 Å². The maximum atomic E-state index is 13.6. The third kappa shape index (κ3) is 6.30. The molecule has 0 aliphatic heterocycles. The van der Waals surface area contributed by atoms with E-state index in [9.17, 15) is 14.4 Å². The summed E-state index contributed by atoms with van der Waals surface area (Å²) in [6.45, 7) is 6.15. The van der Waals surface area contributed by atoms with Crippen molar-refractivity contribution in [2.75, 3.05) is 11.9 Å². The van der Waals surface area contributed by atoms with Crippen LogP contribution in [0.3, 0.4) is 0 Å². The van der Waals surface area contributed by atoms with E-state index in [0.29, 0.717) is 30.0 Å². The van der Waals surface area contributed by atoms with Gasteiger partial charge in [0, 0.05) is 22.1 Å². The molecule has 0 unspecified atom stereocenters. The quantitative estimate of drug-likeness (QED) is 0.285. The van der Waals surface area contributed by atoms with Crippen LogP contribution < -0.4 is 10.1 Å². The average Bonchev–Trinajstić information content (AvgIpc) is 2.77. The lowest BCUT2D eigenvalue weighted by Crippen LogP contribution is -2.14. The van der Waals surface area contributed by atoms with E-state index in [2.05, 4.69) is 21.2 Å². The Morgan fingerprint density at radius 1 is 1.18 bits per heavy atom. The molecule has 0 saturated heterocycles. The predicted octanol–water partition coefficient (Wildman–Crippen LogP) is 6.74. The second kappa shape index (κ2) is 10.9. The fourth-order valence-electron chi connectivity index (χ4n) is 3.40. The topological polar surface area (TPSA) is 62.1 Å². The molecule has 4 nitrogen and oxygen atoms in total. The molecule has 0 aliphatic carbocycles. The van der Waals surface area contributed by atoms with Crippen LogP contribution >= 0.6 is 15.9 Å². The zero-order valence-corrected chi connectivity index (χ0v) is 20.3. The Morgan fingerprint density at radius 3 is 2.67 bits per heavy atom. The summed E-state index contributed by atoms with van der Waals surface area (Å²) in [5.74, 6) is -0.173. The molecule has 1 amide bonds. The summed E-state index contributed by atoms with van der Waals surface area (Å²) in [4.78, 5) is 12.8. The Labute approximate surface area is 201 Å². The molecule has 6 heteroatoms. The van der Waals surface area contributed by atoms with Crippen LogP contribution in [0.25, 0.3) is 6.08 Å². The number of nitrogens with zero attached hydrogens (tertiary/aromatic N) is 1. The number of aryl methyl sites for hydroxylation is 2. The fourth-order valence-corrected chi connectivity index (χ4v) is 4.00. The van der Waals surface area contributed by atoms with Gasteiger partial charge in [0.15, 0.2) is 0 Å². The summed E-state index contributed by atoms with van der Waals surface area (Å²) in [5.41, 5.74) is 4.88. The minimum absolute atomic E-state index is 0.0249. The number of halogens is 2. The number of hydrogen-bond donors (Lipinski definition) is 1. The highest BCUT2D eigenvalue weighted by Crippen LogP contribution is 2.32. The van der Waals surface area contributed by atoms with Gasteiger partial charge in [-0.2, -0.15) is 5.26 Å². The van der Waals surface area contributed by atoms with E-state index in [1.165, 1.54) is 18.2 Å². The Bertz CT molecular complexity index is 1260. The molecule has 0 heterocycles. The van der Waals surface area contributed by atoms with E-state index in [4.69, 9.17) is 4.74 Å². The maximum Gasteiger partial charge on any atom is 0.266 e. The van der Waals surface area contributed by atoms with Crippen molar-refractivity contribution in [2.45, 2.75) is 27.2 Å². The lowest BCUT2D eigenvalue weighted by Gasteiger charge is -2.14. The van der Waals surface area contributed by atoms with E-state index in [1.807, 2.05) is 57.2 Å². The molecule has 0 fully saturated rings. The van der Waals surface area contributed by atoms with E-state index < -0.39 is 5.91 Å². The highest BCUT2D eigenvalue weighted by Gasteiger charge is 2.15. The van der Waals surface area contributed by atoms with Crippen molar-refractivity contribution in [3.63, 3.8) is 0 Å². The third-order valence-electron chi connectivity index (χ3n) is 5.06. The lowest BCUT2D eigenvalue weighted by molar-refractivity contribution is -0.112. The number of hydrogen-bond acceptors (Lipinski definition) is 3. The van der Waals surface area contributed by atoms with Crippen molar-refractivity contribution in [3.8, 4) is 11.8 Å². The molecular formula is C27H24BrFN2O2. The van der Waals surface area contributed by atoms with Gasteiger partial charge < -0.3 is 10.1 Å². The summed E-state index contributed by atoms with van der Waals surface area (Å²) < 4.78 is 20.2. The van der Waals surface area contributed by atoms with Gasteiger partial charge in [-0.25, -0.2) is 4.39 Å². The first kappa shape index (κ1) is 24.2. The largest absolute Gasteiger partial charge is 0.494 e. The highest BCUT2D eigenvalue weighted by atomic mass is 79.9. The molecule has 0 bridgehead atoms. The van der Waals surface area contributed by atoms with E-state index in [1.54, 1.807) is 12.1 Å². The van der Waals surface area contributed by atoms with Crippen LogP contribution in [-0.2, 0) is 11.2 Å². The van der Waals surface area contributed by atoms with Gasteiger partial charge >= 0.3 is 0 Å². The number of benzene rings is 3. The van der Waals surface area contributed by atoms with Gasteiger partial charge in [-0.1, -0.05) is 40.2 Å². The zero-order chi connectivity index (χ0) is 24.0. The van der Waals surface area contributed by atoms with Gasteiger partial charge in [-0.3, -0.25) is 4.79 Å². The lowest BCUT2D eigenvalue weighted by atomic mass is 10.0. The number of carbonyl (C=O) groups is 1. The first-order valence-electron chi connectivity index (χ1n) is 10.5. The van der Waals surface area contributed by atoms with Crippen LogP contribution in [0.4, 0.5) is 10.1 Å². The molecule has 0 aromatic heterocycles. The van der Waals surface area contributed by atoms with Crippen LogP contribution in [0, 0.1) is 31.0 Å². The first-order chi connectivity index (χ1) is 15.8. The van der Waals surface area contributed by atoms with Crippen LogP contribution in [-0.4, -0.2) is 12.5 Å². The Hall–Kier alpha value is -3.43. The van der Waals surface area contributed by atoms with E-state index in [0.717, 1.165) is 26.7 Å². The molecule has 0 radical (unpaired) electrons. The molecule has 1 N–H and O–H groups in total. The van der Waals surface area contributed by atoms with Gasteiger partial charge in [0.25, 0.3) is 5.91 Å². The van der Waals surface area contributed by atoms with Crippen molar-refractivity contribution in [1.29, 1.82) is 5.26 Å². The van der Waals surface area contributed by atoms with Crippen molar-refractivity contribution in [1.82, 2.24) is 0 Å². The monoisotopic (exact) mass is 506 g/mol. The van der Waals surface area contributed by atoms with Crippen molar-refractivity contribution in [2.24, 2.45) is 0 Å². The van der Waals surface area contributed by atoms with Crippen LogP contribution in [0.5, 0.6) is 5.75 Å². The Morgan fingerprint density at radius 2 is 1.97 bits per heavy atom. The summed E-state index contributed by atoms with van der Waals surface area (Å²) in [7, 11) is 0. The number of carbonyl (C=O) groups excluding carboxylic acids is 1. The van der Waals surface area contributed by atoms with E-state index in [-0.39, 0.29) is 11.4 Å². The number of anilines is 1. The summed E-state index contributed by atoms with van der Waals surface area (Å²) in [5, 5.41) is 12.4. The number of ether oxygens (including phenoxy) is 1. The molecule has 0 aliphatic rings. The predicted molar refractivity (Wildman–Crippen MR) is 133 cm³/mol. The van der Waals surface area contributed by atoms with Crippen LogP contribution in [0.1, 0.15) is 34.7 Å². The molecular weight excluding hydrogens is 483 g/mol. The number of nitrogens with one attached hydrogen (secondary N) is 1. The highest BCUT2D eigenvalue weighted by molar-refractivity contribution is 9.10. The SMILES string of the molecule is CCOc1cc(/C=C(\C#N)C(=O)Nc2cc(C)ccc2C)cc(Br)c1Cc1cccc(F)c1. The Kier molecular flexibility index (Phi) is 8.02. The molecule has 3 rings (SSSR count). The molecule has 3 aromatic carbocycles. The van der Waals surface area contributed by atoms with Crippen LogP contribution in [0.15, 0.2) is 64.6 Å². The fraction of sp³-hybridized carbons (Fsp3) is 0.185. The number of amides is 1. The smallest absolute Gasteiger partial charge is 0.266 e. The summed E-state index contributed by atoms with van der Waals surface area (Å²) in [6.07, 6.45) is 2.00. The van der Waals surface area contributed by atoms with Gasteiger partial charge in [-0.05, 0) is 79.4 Å². The molecule has 33 heavy (non-hydrogen) atoms. The maximum absolute atomic E-state index is 13.6. The minimum Gasteiger partial charge on any atom is -0.494 e. The van der Waals surface area contributed by atoms with Crippen molar-refractivity contribution < 1.29 is 13.9 Å².